The van der Waals surface area contributed by atoms with Crippen molar-refractivity contribution in [2.75, 3.05) is 20.1 Å². The van der Waals surface area contributed by atoms with Crippen LogP contribution in [0.25, 0.3) is 0 Å². The minimum atomic E-state index is -0.787. The number of likely N-dealkylation sites (N-methyl/N-ethyl adjacent to an activating group) is 1. The van der Waals surface area contributed by atoms with Gasteiger partial charge in [-0.3, -0.25) is 19.3 Å². The van der Waals surface area contributed by atoms with Crippen molar-refractivity contribution in [2.45, 2.75) is 57.5 Å². The van der Waals surface area contributed by atoms with E-state index in [2.05, 4.69) is 10.6 Å². The molecule has 8 heteroatoms. The Morgan fingerprint density at radius 1 is 1.12 bits per heavy atom. The Labute approximate surface area is 141 Å². The summed E-state index contributed by atoms with van der Waals surface area (Å²) in [7, 11) is 1.62. The summed E-state index contributed by atoms with van der Waals surface area (Å²) in [5.74, 6) is -1.12. The predicted octanol–water partition coefficient (Wildman–Crippen LogP) is 0.224. The number of urea groups is 1. The number of amides is 5. The van der Waals surface area contributed by atoms with Crippen molar-refractivity contribution < 1.29 is 19.2 Å². The van der Waals surface area contributed by atoms with Crippen molar-refractivity contribution in [1.29, 1.82) is 0 Å². The summed E-state index contributed by atoms with van der Waals surface area (Å²) in [5.41, 5.74) is -0.787. The Kier molecular flexibility index (Phi) is 5.46. The van der Waals surface area contributed by atoms with Gasteiger partial charge in [0.1, 0.15) is 12.1 Å². The first-order chi connectivity index (χ1) is 11.3. The standard InChI is InChI=1S/C16H26N4O4/c1-11(2)18-12(21)9-17-13(22)10-20-14(23)16(19(3)15(20)24)7-5-4-6-8-16/h11H,4-10H2,1-3H3,(H,17,22)(H,18,21). The Morgan fingerprint density at radius 3 is 2.33 bits per heavy atom. The maximum absolute atomic E-state index is 12.7. The van der Waals surface area contributed by atoms with Gasteiger partial charge in [0.15, 0.2) is 0 Å². The van der Waals surface area contributed by atoms with Crippen LogP contribution in [0.1, 0.15) is 46.0 Å². The number of imide groups is 1. The molecule has 1 aliphatic heterocycles. The van der Waals surface area contributed by atoms with Crippen molar-refractivity contribution in [2.24, 2.45) is 0 Å². The Bertz CT molecular complexity index is 540. The highest BCUT2D eigenvalue weighted by Crippen LogP contribution is 2.39. The van der Waals surface area contributed by atoms with Gasteiger partial charge >= 0.3 is 6.03 Å². The summed E-state index contributed by atoms with van der Waals surface area (Å²) in [6, 6.07) is -0.459. The average Bonchev–Trinajstić information content (AvgIpc) is 2.70. The second kappa shape index (κ2) is 7.19. The summed E-state index contributed by atoms with van der Waals surface area (Å²) >= 11 is 0. The van der Waals surface area contributed by atoms with Gasteiger partial charge in [-0.25, -0.2) is 4.79 Å². The van der Waals surface area contributed by atoms with Gasteiger partial charge in [-0.2, -0.15) is 0 Å². The number of carbonyl (C=O) groups excluding carboxylic acids is 4. The molecule has 1 heterocycles. The second-order valence-corrected chi connectivity index (χ2v) is 6.82. The third-order valence-electron chi connectivity index (χ3n) is 4.68. The fourth-order valence-electron chi connectivity index (χ4n) is 3.42. The van der Waals surface area contributed by atoms with Crippen molar-refractivity contribution in [1.82, 2.24) is 20.4 Å². The zero-order chi connectivity index (χ0) is 17.9. The summed E-state index contributed by atoms with van der Waals surface area (Å²) in [4.78, 5) is 51.1. The number of nitrogens with zero attached hydrogens (tertiary/aromatic N) is 2. The molecular formula is C16H26N4O4. The highest BCUT2D eigenvalue weighted by Gasteiger charge is 2.55. The molecule has 8 nitrogen and oxygen atoms in total. The average molecular weight is 338 g/mol. The van der Waals surface area contributed by atoms with Gasteiger partial charge in [0.05, 0.1) is 6.54 Å². The molecule has 0 aromatic rings. The normalized spacial score (nSPS) is 20.0. The van der Waals surface area contributed by atoms with Gasteiger partial charge in [0.2, 0.25) is 11.8 Å². The molecule has 2 fully saturated rings. The van der Waals surface area contributed by atoms with E-state index < -0.39 is 17.5 Å². The number of hydrogen-bond acceptors (Lipinski definition) is 4. The van der Waals surface area contributed by atoms with Crippen LogP contribution < -0.4 is 10.6 Å². The first kappa shape index (κ1) is 18.2. The fraction of sp³-hybridized carbons (Fsp3) is 0.750. The highest BCUT2D eigenvalue weighted by molar-refractivity contribution is 6.09. The van der Waals surface area contributed by atoms with Crippen LogP contribution in [0.3, 0.4) is 0 Å². The van der Waals surface area contributed by atoms with Gasteiger partial charge in [-0.15, -0.1) is 0 Å². The highest BCUT2D eigenvalue weighted by atomic mass is 16.2. The summed E-state index contributed by atoms with van der Waals surface area (Å²) < 4.78 is 0. The first-order valence-electron chi connectivity index (χ1n) is 8.44. The lowest BCUT2D eigenvalue weighted by Gasteiger charge is -2.35. The molecule has 1 saturated heterocycles. The van der Waals surface area contributed by atoms with Gasteiger partial charge in [-0.05, 0) is 26.7 Å². The quantitative estimate of drug-likeness (QED) is 0.701. The largest absolute Gasteiger partial charge is 0.352 e. The number of carbonyl (C=O) groups is 4. The van der Waals surface area contributed by atoms with E-state index in [1.807, 2.05) is 13.8 Å². The molecule has 0 radical (unpaired) electrons. The zero-order valence-corrected chi connectivity index (χ0v) is 14.6. The van der Waals surface area contributed by atoms with E-state index in [1.165, 1.54) is 4.90 Å². The second-order valence-electron chi connectivity index (χ2n) is 6.82. The molecule has 1 aliphatic carbocycles. The van der Waals surface area contributed by atoms with Crippen molar-refractivity contribution in [3.05, 3.63) is 0 Å². The molecule has 5 amide bonds. The Hall–Kier alpha value is -2.12. The topological polar surface area (TPSA) is 98.8 Å². The molecule has 1 saturated carbocycles. The lowest BCUT2D eigenvalue weighted by atomic mass is 9.81. The lowest BCUT2D eigenvalue weighted by Crippen LogP contribution is -2.49. The van der Waals surface area contributed by atoms with Gasteiger partial charge in [-0.1, -0.05) is 19.3 Å². The van der Waals surface area contributed by atoms with E-state index >= 15 is 0 Å². The van der Waals surface area contributed by atoms with Crippen LogP contribution >= 0.6 is 0 Å². The number of rotatable bonds is 5. The summed E-state index contributed by atoms with van der Waals surface area (Å²) in [6.07, 6.45) is 4.14. The Morgan fingerprint density at radius 2 is 1.75 bits per heavy atom. The smallest absolute Gasteiger partial charge is 0.327 e. The molecule has 2 rings (SSSR count). The Balaban J connectivity index is 1.94. The van der Waals surface area contributed by atoms with Gasteiger partial charge < -0.3 is 15.5 Å². The van der Waals surface area contributed by atoms with E-state index in [0.29, 0.717) is 12.8 Å². The van der Waals surface area contributed by atoms with Crippen molar-refractivity contribution in [3.63, 3.8) is 0 Å². The van der Waals surface area contributed by atoms with E-state index in [9.17, 15) is 19.2 Å². The van der Waals surface area contributed by atoms with Crippen LogP contribution in [0.5, 0.6) is 0 Å². The zero-order valence-electron chi connectivity index (χ0n) is 14.6. The van der Waals surface area contributed by atoms with Crippen LogP contribution in [0.4, 0.5) is 4.79 Å². The molecule has 24 heavy (non-hydrogen) atoms. The van der Waals surface area contributed by atoms with Crippen LogP contribution in [-0.4, -0.2) is 65.3 Å². The number of nitrogens with one attached hydrogen (secondary N) is 2. The van der Waals surface area contributed by atoms with Crippen LogP contribution in [0.2, 0.25) is 0 Å². The molecule has 134 valence electrons. The van der Waals surface area contributed by atoms with Crippen molar-refractivity contribution in [3.8, 4) is 0 Å². The molecule has 0 atom stereocenters. The summed E-state index contributed by atoms with van der Waals surface area (Å²) in [6.45, 7) is 3.12. The fourth-order valence-corrected chi connectivity index (χ4v) is 3.42. The summed E-state index contributed by atoms with van der Waals surface area (Å²) in [5, 5.41) is 5.10. The molecule has 2 aliphatic rings. The lowest BCUT2D eigenvalue weighted by molar-refractivity contribution is -0.137. The molecule has 1 spiro atoms. The third kappa shape index (κ3) is 3.52. The predicted molar refractivity (Wildman–Crippen MR) is 87.0 cm³/mol. The van der Waals surface area contributed by atoms with Crippen molar-refractivity contribution >= 4 is 23.8 Å². The number of hydrogen-bond donors (Lipinski definition) is 2. The molecule has 2 N–H and O–H groups in total. The monoisotopic (exact) mass is 338 g/mol. The van der Waals surface area contributed by atoms with E-state index in [0.717, 1.165) is 24.2 Å². The van der Waals surface area contributed by atoms with Crippen LogP contribution in [0.15, 0.2) is 0 Å². The van der Waals surface area contributed by atoms with Crippen LogP contribution in [0, 0.1) is 0 Å². The van der Waals surface area contributed by atoms with E-state index in [4.69, 9.17) is 0 Å². The van der Waals surface area contributed by atoms with E-state index in [1.54, 1.807) is 7.05 Å². The maximum atomic E-state index is 12.7. The third-order valence-corrected chi connectivity index (χ3v) is 4.68. The van der Waals surface area contributed by atoms with Crippen LogP contribution in [-0.2, 0) is 14.4 Å². The van der Waals surface area contributed by atoms with E-state index in [-0.39, 0.29) is 30.9 Å². The van der Waals surface area contributed by atoms with Gasteiger partial charge in [0.25, 0.3) is 5.91 Å². The SMILES string of the molecule is CC(C)NC(=O)CNC(=O)CN1C(=O)N(C)C2(CCCCC2)C1=O. The molecule has 0 unspecified atom stereocenters. The molecule has 0 aromatic carbocycles. The first-order valence-corrected chi connectivity index (χ1v) is 8.44. The minimum absolute atomic E-state index is 0.0176. The molecule has 0 bridgehead atoms. The minimum Gasteiger partial charge on any atom is -0.352 e. The molecule has 0 aromatic heterocycles. The molecular weight excluding hydrogens is 312 g/mol. The van der Waals surface area contributed by atoms with Gasteiger partial charge in [0, 0.05) is 13.1 Å². The maximum Gasteiger partial charge on any atom is 0.327 e.